The Hall–Kier alpha value is -1.78. The van der Waals surface area contributed by atoms with Gasteiger partial charge in [0.1, 0.15) is 0 Å². The van der Waals surface area contributed by atoms with Crippen LogP contribution in [0.25, 0.3) is 0 Å². The van der Waals surface area contributed by atoms with Crippen LogP contribution < -0.4 is 11.1 Å². The zero-order valence-corrected chi connectivity index (χ0v) is 25.2. The smallest absolute Gasteiger partial charge is 0.258 e. The number of nitrogens with zero attached hydrogens (tertiary/aromatic N) is 3. The highest BCUT2D eigenvalue weighted by molar-refractivity contribution is 6.40. The summed E-state index contributed by atoms with van der Waals surface area (Å²) in [6.07, 6.45) is 2.41. The van der Waals surface area contributed by atoms with E-state index in [-0.39, 0.29) is 23.9 Å². The van der Waals surface area contributed by atoms with Crippen molar-refractivity contribution < 1.29 is 14.7 Å². The Bertz CT molecular complexity index is 1250. The molecular formula is C28H33Cl4N5O3. The minimum atomic E-state index is -1.71. The molecule has 2 aromatic carbocycles. The predicted octanol–water partition coefficient (Wildman–Crippen LogP) is 4.47. The summed E-state index contributed by atoms with van der Waals surface area (Å²) in [5, 5.41) is 15.9. The summed E-state index contributed by atoms with van der Waals surface area (Å²) in [7, 11) is 0. The van der Waals surface area contributed by atoms with Crippen molar-refractivity contribution in [3.05, 3.63) is 61.5 Å². The third-order valence-corrected chi connectivity index (χ3v) is 9.19. The average Bonchev–Trinajstić information content (AvgIpc) is 3.31. The number of amides is 2. The van der Waals surface area contributed by atoms with Gasteiger partial charge in [0, 0.05) is 67.1 Å². The van der Waals surface area contributed by atoms with Gasteiger partial charge in [-0.15, -0.1) is 0 Å². The molecule has 0 bridgehead atoms. The Kier molecular flexibility index (Phi) is 8.79. The predicted molar refractivity (Wildman–Crippen MR) is 160 cm³/mol. The van der Waals surface area contributed by atoms with Gasteiger partial charge in [-0.1, -0.05) is 46.4 Å². The van der Waals surface area contributed by atoms with E-state index < -0.39 is 5.60 Å². The van der Waals surface area contributed by atoms with Crippen LogP contribution in [-0.2, 0) is 10.4 Å². The normalized spacial score (nSPS) is 22.2. The lowest BCUT2D eigenvalue weighted by molar-refractivity contribution is -0.152. The number of carbonyl (C=O) groups excluding carboxylic acids is 2. The second kappa shape index (κ2) is 11.8. The number of hydrogen-bond donors (Lipinski definition) is 3. The summed E-state index contributed by atoms with van der Waals surface area (Å²) >= 11 is 25.1. The molecule has 12 heteroatoms. The Morgan fingerprint density at radius 2 is 1.48 bits per heavy atom. The molecule has 2 aromatic rings. The highest BCUT2D eigenvalue weighted by atomic mass is 35.5. The van der Waals surface area contributed by atoms with Crippen molar-refractivity contribution in [2.75, 3.05) is 44.6 Å². The Balaban J connectivity index is 1.11. The molecule has 0 spiro atoms. The van der Waals surface area contributed by atoms with Crippen molar-refractivity contribution in [2.24, 2.45) is 5.73 Å². The van der Waals surface area contributed by atoms with E-state index in [4.69, 9.17) is 52.1 Å². The quantitative estimate of drug-likeness (QED) is 0.436. The third kappa shape index (κ3) is 6.19. The summed E-state index contributed by atoms with van der Waals surface area (Å²) in [6.45, 7) is 5.41. The minimum Gasteiger partial charge on any atom is -0.380 e. The molecule has 3 heterocycles. The Labute approximate surface area is 254 Å². The van der Waals surface area contributed by atoms with Gasteiger partial charge in [-0.05, 0) is 62.1 Å². The summed E-state index contributed by atoms with van der Waals surface area (Å²) in [5.41, 5.74) is 5.70. The van der Waals surface area contributed by atoms with Gasteiger partial charge in [-0.3, -0.25) is 14.5 Å². The second-order valence-corrected chi connectivity index (χ2v) is 12.9. The number of aliphatic hydroxyl groups is 1. The number of nitrogens with one attached hydrogen (secondary N) is 1. The van der Waals surface area contributed by atoms with E-state index in [0.29, 0.717) is 63.4 Å². The Morgan fingerprint density at radius 3 is 2.02 bits per heavy atom. The van der Waals surface area contributed by atoms with Crippen LogP contribution in [0.3, 0.4) is 0 Å². The maximum atomic E-state index is 13.2. The first-order valence-corrected chi connectivity index (χ1v) is 15.0. The molecule has 2 amide bonds. The molecule has 1 unspecified atom stereocenters. The number of halogens is 4. The van der Waals surface area contributed by atoms with Crippen molar-refractivity contribution in [1.29, 1.82) is 0 Å². The van der Waals surface area contributed by atoms with E-state index in [9.17, 15) is 14.7 Å². The van der Waals surface area contributed by atoms with Crippen LogP contribution in [-0.4, -0.2) is 89.0 Å². The number of anilines is 1. The fraction of sp³-hybridized carbons (Fsp3) is 0.500. The summed E-state index contributed by atoms with van der Waals surface area (Å²) in [5.74, 6) is -0.539. The molecule has 0 saturated carbocycles. The van der Waals surface area contributed by atoms with Crippen LogP contribution in [0.2, 0.25) is 20.1 Å². The van der Waals surface area contributed by atoms with Gasteiger partial charge in [0.15, 0.2) is 5.60 Å². The van der Waals surface area contributed by atoms with E-state index >= 15 is 0 Å². The molecule has 40 heavy (non-hydrogen) atoms. The van der Waals surface area contributed by atoms with Crippen molar-refractivity contribution in [1.82, 2.24) is 14.7 Å². The molecule has 3 aliphatic heterocycles. The molecule has 0 radical (unpaired) electrons. The fourth-order valence-electron chi connectivity index (χ4n) is 5.83. The fourth-order valence-corrected chi connectivity index (χ4v) is 7.00. The molecule has 3 aliphatic rings. The van der Waals surface area contributed by atoms with Crippen LogP contribution in [0.15, 0.2) is 30.3 Å². The Morgan fingerprint density at radius 1 is 0.900 bits per heavy atom. The van der Waals surface area contributed by atoms with Crippen LogP contribution in [0, 0.1) is 0 Å². The van der Waals surface area contributed by atoms with Crippen molar-refractivity contribution >= 4 is 63.9 Å². The number of carbonyl (C=O) groups is 2. The van der Waals surface area contributed by atoms with Crippen molar-refractivity contribution in [3.63, 3.8) is 0 Å². The van der Waals surface area contributed by atoms with E-state index in [1.807, 2.05) is 0 Å². The van der Waals surface area contributed by atoms with E-state index in [0.717, 1.165) is 38.0 Å². The van der Waals surface area contributed by atoms with Gasteiger partial charge in [0.2, 0.25) is 0 Å². The van der Waals surface area contributed by atoms with Gasteiger partial charge < -0.3 is 26.0 Å². The summed E-state index contributed by atoms with van der Waals surface area (Å²) in [4.78, 5) is 31.9. The number of benzene rings is 2. The van der Waals surface area contributed by atoms with Gasteiger partial charge in [-0.25, -0.2) is 0 Å². The minimum absolute atomic E-state index is 0.0138. The molecule has 0 aliphatic carbocycles. The maximum Gasteiger partial charge on any atom is 0.258 e. The number of piperidine rings is 1. The highest BCUT2D eigenvalue weighted by Gasteiger charge is 2.40. The lowest BCUT2D eigenvalue weighted by atomic mass is 9.92. The SMILES string of the molecule is C[C@@](O)(C(=O)N1CCC(N2CC(Nc3cc(Cl)c(C(=O)N4CCC(N)C4)c(Cl)c3)C2)CC1)c1cc(Cl)cc(Cl)c1. The summed E-state index contributed by atoms with van der Waals surface area (Å²) < 4.78 is 0. The first-order chi connectivity index (χ1) is 18.9. The molecular weight excluding hydrogens is 596 g/mol. The maximum absolute atomic E-state index is 13.2. The van der Waals surface area contributed by atoms with Crippen molar-refractivity contribution in [2.45, 2.75) is 49.9 Å². The van der Waals surface area contributed by atoms with Crippen LogP contribution in [0.5, 0.6) is 0 Å². The number of hydrogen-bond acceptors (Lipinski definition) is 6. The monoisotopic (exact) mass is 627 g/mol. The molecule has 8 nitrogen and oxygen atoms in total. The van der Waals surface area contributed by atoms with Gasteiger partial charge in [0.05, 0.1) is 21.7 Å². The standard InChI is InChI=1S/C28H33Cl4N5O3/c1-28(40,16-8-17(29)10-18(30)9-16)27(39)35-6-3-22(4-7-35)37-14-21(15-37)34-20-11-23(31)25(24(32)12-20)26(38)36-5-2-19(33)13-36/h8-12,19,21-22,34,40H,2-7,13-15,33H2,1H3/t19?,28-/m0/s1. The molecule has 3 fully saturated rings. The number of nitrogens with two attached hydrogens (primary N) is 1. The first-order valence-electron chi connectivity index (χ1n) is 13.4. The van der Waals surface area contributed by atoms with E-state index in [2.05, 4.69) is 10.2 Å². The zero-order valence-electron chi connectivity index (χ0n) is 22.2. The second-order valence-electron chi connectivity index (χ2n) is 11.2. The average molecular weight is 629 g/mol. The lowest BCUT2D eigenvalue weighted by Gasteiger charge is -2.48. The number of rotatable bonds is 6. The van der Waals surface area contributed by atoms with E-state index in [1.165, 1.54) is 6.92 Å². The molecule has 5 rings (SSSR count). The largest absolute Gasteiger partial charge is 0.380 e. The van der Waals surface area contributed by atoms with Crippen LogP contribution in [0.1, 0.15) is 42.1 Å². The molecule has 0 aromatic heterocycles. The molecule has 4 N–H and O–H groups in total. The molecule has 2 atom stereocenters. The zero-order chi connectivity index (χ0) is 28.8. The van der Waals surface area contributed by atoms with Gasteiger partial charge in [-0.2, -0.15) is 0 Å². The third-order valence-electron chi connectivity index (χ3n) is 8.16. The van der Waals surface area contributed by atoms with E-state index in [1.54, 1.807) is 40.1 Å². The van der Waals surface area contributed by atoms with Gasteiger partial charge >= 0.3 is 0 Å². The van der Waals surface area contributed by atoms with Crippen molar-refractivity contribution in [3.8, 4) is 0 Å². The van der Waals surface area contributed by atoms with Gasteiger partial charge in [0.25, 0.3) is 11.8 Å². The highest BCUT2D eigenvalue weighted by Crippen LogP contribution is 2.34. The number of likely N-dealkylation sites (tertiary alicyclic amines) is 3. The first kappa shape index (κ1) is 29.7. The lowest BCUT2D eigenvalue weighted by Crippen LogP contribution is -2.61. The molecule has 216 valence electrons. The molecule has 3 saturated heterocycles. The van der Waals surface area contributed by atoms with Crippen LogP contribution in [0.4, 0.5) is 5.69 Å². The summed E-state index contributed by atoms with van der Waals surface area (Å²) in [6, 6.07) is 8.77. The van der Waals surface area contributed by atoms with Crippen LogP contribution >= 0.6 is 46.4 Å². The topological polar surface area (TPSA) is 102 Å².